The van der Waals surface area contributed by atoms with Crippen molar-refractivity contribution in [2.75, 3.05) is 57.6 Å². The third kappa shape index (κ3) is 4.23. The molecule has 0 spiro atoms. The zero-order valence-corrected chi connectivity index (χ0v) is 20.2. The maximum Gasteiger partial charge on any atom is 0.228 e. The maximum absolute atomic E-state index is 15.1. The van der Waals surface area contributed by atoms with Gasteiger partial charge in [-0.2, -0.15) is 4.98 Å². The van der Waals surface area contributed by atoms with Crippen LogP contribution in [0.15, 0.2) is 30.3 Å². The summed E-state index contributed by atoms with van der Waals surface area (Å²) in [7, 11) is 2.76. The van der Waals surface area contributed by atoms with Gasteiger partial charge in [-0.25, -0.2) is 9.37 Å². The zero-order valence-electron chi connectivity index (χ0n) is 20.2. The first-order chi connectivity index (χ1) is 17.4. The molecule has 3 aromatic rings. The van der Waals surface area contributed by atoms with Gasteiger partial charge in [0.05, 0.1) is 20.3 Å². The van der Waals surface area contributed by atoms with Gasteiger partial charge in [0.15, 0.2) is 17.3 Å². The van der Waals surface area contributed by atoms with Crippen LogP contribution in [0.3, 0.4) is 0 Å². The van der Waals surface area contributed by atoms with Gasteiger partial charge in [0, 0.05) is 44.5 Å². The van der Waals surface area contributed by atoms with Crippen molar-refractivity contribution in [3.8, 4) is 11.5 Å². The van der Waals surface area contributed by atoms with Crippen molar-refractivity contribution in [1.82, 2.24) is 20.0 Å². The Balaban J connectivity index is 1.30. The average molecular weight is 499 g/mol. The van der Waals surface area contributed by atoms with Crippen LogP contribution in [0.25, 0.3) is 10.9 Å². The Morgan fingerprint density at radius 2 is 1.86 bits per heavy atom. The molecular formula is C25H28F2N6O3. The number of methoxy groups -OCH3 is 2. The Morgan fingerprint density at radius 1 is 1.11 bits per heavy atom. The fourth-order valence-electron chi connectivity index (χ4n) is 4.96. The van der Waals surface area contributed by atoms with Gasteiger partial charge in [-0.1, -0.05) is 24.3 Å². The van der Waals surface area contributed by atoms with E-state index in [1.165, 1.54) is 14.2 Å². The highest BCUT2D eigenvalue weighted by Crippen LogP contribution is 2.38. The lowest BCUT2D eigenvalue weighted by Gasteiger charge is -2.37. The van der Waals surface area contributed by atoms with Gasteiger partial charge >= 0.3 is 0 Å². The lowest BCUT2D eigenvalue weighted by Crippen LogP contribution is -2.50. The fourth-order valence-corrected chi connectivity index (χ4v) is 4.96. The van der Waals surface area contributed by atoms with Gasteiger partial charge in [0.2, 0.25) is 11.9 Å². The second kappa shape index (κ2) is 9.73. The number of anilines is 2. The van der Waals surface area contributed by atoms with E-state index in [0.717, 1.165) is 16.2 Å². The molecule has 0 aliphatic carbocycles. The monoisotopic (exact) mass is 498 g/mol. The summed E-state index contributed by atoms with van der Waals surface area (Å²) in [5.74, 6) is -0.261. The van der Waals surface area contributed by atoms with E-state index in [0.29, 0.717) is 38.0 Å². The SMILES string of the molecule is COc1cc2c(N)nc(N3CCN(C(=O)CC4c5ccccc5CCN4F)CC3)nc2c(F)c1OC. The van der Waals surface area contributed by atoms with Crippen molar-refractivity contribution in [1.29, 1.82) is 0 Å². The first-order valence-corrected chi connectivity index (χ1v) is 11.8. The first-order valence-electron chi connectivity index (χ1n) is 11.8. The van der Waals surface area contributed by atoms with E-state index in [9.17, 15) is 9.28 Å². The van der Waals surface area contributed by atoms with Crippen LogP contribution < -0.4 is 20.1 Å². The molecule has 1 fully saturated rings. The van der Waals surface area contributed by atoms with Crippen LogP contribution in [0, 0.1) is 5.82 Å². The van der Waals surface area contributed by atoms with E-state index >= 15 is 4.39 Å². The van der Waals surface area contributed by atoms with E-state index in [4.69, 9.17) is 15.2 Å². The highest BCUT2D eigenvalue weighted by Gasteiger charge is 2.32. The number of rotatable bonds is 5. The smallest absolute Gasteiger partial charge is 0.228 e. The summed E-state index contributed by atoms with van der Waals surface area (Å²) in [6.45, 7) is 1.97. The number of nitrogen functional groups attached to an aromatic ring is 1. The molecule has 36 heavy (non-hydrogen) atoms. The summed E-state index contributed by atoms with van der Waals surface area (Å²) >= 11 is 0. The minimum absolute atomic E-state index is 0.0349. The summed E-state index contributed by atoms with van der Waals surface area (Å²) in [5.41, 5.74) is 8.12. The van der Waals surface area contributed by atoms with Gasteiger partial charge in [-0.3, -0.25) is 4.79 Å². The quantitative estimate of drug-likeness (QED) is 0.537. The molecule has 2 aliphatic rings. The third-order valence-electron chi connectivity index (χ3n) is 6.92. The van der Waals surface area contributed by atoms with Crippen molar-refractivity contribution in [2.45, 2.75) is 18.9 Å². The van der Waals surface area contributed by atoms with E-state index in [2.05, 4.69) is 9.97 Å². The second-order valence-electron chi connectivity index (χ2n) is 8.89. The van der Waals surface area contributed by atoms with Crippen molar-refractivity contribution in [2.24, 2.45) is 0 Å². The maximum atomic E-state index is 15.1. The van der Waals surface area contributed by atoms with Crippen LogP contribution in [0.4, 0.5) is 20.6 Å². The van der Waals surface area contributed by atoms with Gasteiger partial charge < -0.3 is 25.0 Å². The number of carbonyl (C=O) groups is 1. The summed E-state index contributed by atoms with van der Waals surface area (Å²) in [6.07, 6.45) is 0.698. The van der Waals surface area contributed by atoms with Crippen LogP contribution in [0.2, 0.25) is 0 Å². The fraction of sp³-hybridized carbons (Fsp3) is 0.400. The Hall–Kier alpha value is -3.73. The molecule has 0 bridgehead atoms. The van der Waals surface area contributed by atoms with Crippen LogP contribution in [-0.2, 0) is 11.2 Å². The highest BCUT2D eigenvalue weighted by molar-refractivity contribution is 5.92. The predicted octanol–water partition coefficient (Wildman–Crippen LogP) is 2.89. The largest absolute Gasteiger partial charge is 0.493 e. The molecule has 5 rings (SSSR count). The van der Waals surface area contributed by atoms with Crippen LogP contribution in [0.1, 0.15) is 23.6 Å². The van der Waals surface area contributed by atoms with Crippen molar-refractivity contribution < 1.29 is 23.1 Å². The van der Waals surface area contributed by atoms with Crippen molar-refractivity contribution in [3.05, 3.63) is 47.3 Å². The molecule has 1 aromatic heterocycles. The number of benzene rings is 2. The lowest BCUT2D eigenvalue weighted by atomic mass is 9.92. The molecular weight excluding hydrogens is 470 g/mol. The summed E-state index contributed by atoms with van der Waals surface area (Å²) in [4.78, 5) is 25.4. The number of fused-ring (bicyclic) bond motifs is 2. The number of hydrogen-bond acceptors (Lipinski definition) is 8. The average Bonchev–Trinajstić information content (AvgIpc) is 2.90. The first kappa shape index (κ1) is 24.0. The number of halogens is 2. The summed E-state index contributed by atoms with van der Waals surface area (Å²) < 4.78 is 40.1. The molecule has 2 aliphatic heterocycles. The topological polar surface area (TPSA) is 97.0 Å². The number of hydrogen-bond donors (Lipinski definition) is 1. The Kier molecular flexibility index (Phi) is 6.48. The van der Waals surface area contributed by atoms with E-state index in [-0.39, 0.29) is 47.7 Å². The minimum atomic E-state index is -0.681. The van der Waals surface area contributed by atoms with Crippen LogP contribution >= 0.6 is 0 Å². The third-order valence-corrected chi connectivity index (χ3v) is 6.92. The second-order valence-corrected chi connectivity index (χ2v) is 8.89. The molecule has 1 amide bonds. The predicted molar refractivity (Wildman–Crippen MR) is 131 cm³/mol. The molecule has 190 valence electrons. The summed E-state index contributed by atoms with van der Waals surface area (Å²) in [5, 5.41) is 1.09. The Morgan fingerprint density at radius 3 is 2.58 bits per heavy atom. The van der Waals surface area contributed by atoms with Gasteiger partial charge in [0.1, 0.15) is 11.3 Å². The van der Waals surface area contributed by atoms with Crippen molar-refractivity contribution in [3.63, 3.8) is 0 Å². The number of piperazine rings is 1. The number of amides is 1. The van der Waals surface area contributed by atoms with Crippen molar-refractivity contribution >= 4 is 28.6 Å². The normalized spacial score (nSPS) is 18.3. The molecule has 2 N–H and O–H groups in total. The molecule has 3 heterocycles. The Labute approximate surface area is 207 Å². The van der Waals surface area contributed by atoms with E-state index in [1.54, 1.807) is 11.0 Å². The van der Waals surface area contributed by atoms with Gasteiger partial charge in [-0.15, -0.1) is 9.60 Å². The molecule has 2 aromatic carbocycles. The molecule has 0 saturated carbocycles. The highest BCUT2D eigenvalue weighted by atomic mass is 19.2. The molecule has 1 saturated heterocycles. The molecule has 0 radical (unpaired) electrons. The van der Waals surface area contributed by atoms with E-state index in [1.807, 2.05) is 29.2 Å². The van der Waals surface area contributed by atoms with Crippen LogP contribution in [0.5, 0.6) is 11.5 Å². The molecule has 9 nitrogen and oxygen atoms in total. The number of ether oxygens (including phenoxy) is 2. The zero-order chi connectivity index (χ0) is 25.4. The minimum Gasteiger partial charge on any atom is -0.493 e. The number of aromatic nitrogens is 2. The number of carbonyl (C=O) groups excluding carboxylic acids is 1. The molecule has 1 atom stereocenters. The molecule has 11 heteroatoms. The lowest BCUT2D eigenvalue weighted by molar-refractivity contribution is -0.135. The number of nitrogens with zero attached hydrogens (tertiary/aromatic N) is 5. The Bertz CT molecular complexity index is 1300. The van der Waals surface area contributed by atoms with Crippen LogP contribution in [-0.4, -0.2) is 72.8 Å². The molecule has 1 unspecified atom stereocenters. The standard InChI is InChI=1S/C25H28F2N6O3/c1-35-19-13-17-22(21(26)23(19)36-2)29-25(30-24(17)28)32-11-9-31(10-12-32)20(34)14-18-16-6-4-3-5-15(16)7-8-33(18)27/h3-6,13,18H,7-12,14H2,1-2H3,(H2,28,29,30). The number of nitrogens with two attached hydrogens (primary N) is 1. The van der Waals surface area contributed by atoms with E-state index < -0.39 is 11.9 Å². The van der Waals surface area contributed by atoms with Gasteiger partial charge in [-0.05, 0) is 23.6 Å². The van der Waals surface area contributed by atoms with Gasteiger partial charge in [0.25, 0.3) is 0 Å². The summed E-state index contributed by atoms with van der Waals surface area (Å²) in [6, 6.07) is 8.65.